The molecule has 0 fully saturated rings. The van der Waals surface area contributed by atoms with Crippen molar-refractivity contribution in [1.29, 1.82) is 0 Å². The summed E-state index contributed by atoms with van der Waals surface area (Å²) < 4.78 is 51.7. The van der Waals surface area contributed by atoms with Crippen LogP contribution in [0.15, 0.2) is 36.4 Å². The van der Waals surface area contributed by atoms with Gasteiger partial charge in [0.2, 0.25) is 10.0 Å². The second-order valence-electron chi connectivity index (χ2n) is 6.29. The highest BCUT2D eigenvalue weighted by Crippen LogP contribution is 2.31. The highest BCUT2D eigenvalue weighted by atomic mass is 32.2. The predicted octanol–water partition coefficient (Wildman–Crippen LogP) is 2.78. The van der Waals surface area contributed by atoms with E-state index in [0.29, 0.717) is 24.2 Å². The van der Waals surface area contributed by atoms with E-state index in [-0.39, 0.29) is 5.56 Å². The summed E-state index contributed by atoms with van der Waals surface area (Å²) in [5.41, 5.74) is 1.88. The van der Waals surface area contributed by atoms with Gasteiger partial charge >= 0.3 is 0 Å². The highest BCUT2D eigenvalue weighted by Gasteiger charge is 2.27. The number of halogens is 2. The Bertz CT molecular complexity index is 976. The second-order valence-corrected chi connectivity index (χ2v) is 8.20. The zero-order chi connectivity index (χ0) is 19.1. The van der Waals surface area contributed by atoms with Gasteiger partial charge in [0.25, 0.3) is 5.91 Å². The first-order valence-electron chi connectivity index (χ1n) is 8.03. The molecule has 3 rings (SSSR count). The molecular formula is C18H18F2N2O3S. The standard InChI is InChI=1S/C18H18F2N2O3S/c1-11(15-5-4-14(19)10-16(15)20)21-18(23)13-3-6-17-12(9-13)7-8-22(17)26(2,24)25/h3-6,9-11H,7-8H2,1-2H3,(H,21,23). The first-order valence-corrected chi connectivity index (χ1v) is 9.88. The van der Waals surface area contributed by atoms with Gasteiger partial charge in [-0.2, -0.15) is 0 Å². The van der Waals surface area contributed by atoms with Gasteiger partial charge in [-0.1, -0.05) is 6.07 Å². The van der Waals surface area contributed by atoms with E-state index in [9.17, 15) is 22.0 Å². The van der Waals surface area contributed by atoms with E-state index in [4.69, 9.17) is 0 Å². The van der Waals surface area contributed by atoms with Gasteiger partial charge in [-0.05, 0) is 43.2 Å². The molecule has 0 saturated heterocycles. The number of amides is 1. The minimum atomic E-state index is -3.35. The lowest BCUT2D eigenvalue weighted by molar-refractivity contribution is 0.0939. The number of sulfonamides is 1. The Balaban J connectivity index is 1.79. The molecule has 26 heavy (non-hydrogen) atoms. The average molecular weight is 380 g/mol. The average Bonchev–Trinajstić information content (AvgIpc) is 2.97. The molecule has 1 unspecified atom stereocenters. The molecule has 1 N–H and O–H groups in total. The van der Waals surface area contributed by atoms with Crippen molar-refractivity contribution in [2.24, 2.45) is 0 Å². The largest absolute Gasteiger partial charge is 0.345 e. The summed E-state index contributed by atoms with van der Waals surface area (Å²) in [6.45, 7) is 1.95. The van der Waals surface area contributed by atoms with Crippen LogP contribution >= 0.6 is 0 Å². The van der Waals surface area contributed by atoms with Crippen LogP contribution in [0.25, 0.3) is 0 Å². The van der Waals surface area contributed by atoms with Crippen molar-refractivity contribution in [3.63, 3.8) is 0 Å². The van der Waals surface area contributed by atoms with Crippen LogP contribution in [0.5, 0.6) is 0 Å². The third kappa shape index (κ3) is 3.55. The van der Waals surface area contributed by atoms with Crippen molar-refractivity contribution in [3.05, 3.63) is 64.7 Å². The molecule has 1 aliphatic rings. The zero-order valence-electron chi connectivity index (χ0n) is 14.3. The number of benzene rings is 2. The number of carbonyl (C=O) groups is 1. The van der Waals surface area contributed by atoms with Gasteiger partial charge in [-0.15, -0.1) is 0 Å². The van der Waals surface area contributed by atoms with Crippen LogP contribution in [0.2, 0.25) is 0 Å². The minimum Gasteiger partial charge on any atom is -0.345 e. The van der Waals surface area contributed by atoms with E-state index < -0.39 is 33.6 Å². The van der Waals surface area contributed by atoms with Gasteiger partial charge in [-0.3, -0.25) is 9.10 Å². The van der Waals surface area contributed by atoms with Crippen LogP contribution in [-0.4, -0.2) is 27.1 Å². The van der Waals surface area contributed by atoms with Gasteiger partial charge in [0.05, 0.1) is 18.0 Å². The Hall–Kier alpha value is -2.48. The number of nitrogens with zero attached hydrogens (tertiary/aromatic N) is 1. The Morgan fingerprint density at radius 2 is 1.92 bits per heavy atom. The van der Waals surface area contributed by atoms with Crippen LogP contribution in [0.3, 0.4) is 0 Å². The molecule has 5 nitrogen and oxygen atoms in total. The molecule has 0 aliphatic carbocycles. The summed E-state index contributed by atoms with van der Waals surface area (Å²) in [5, 5.41) is 2.67. The molecule has 8 heteroatoms. The van der Waals surface area contributed by atoms with Crippen LogP contribution in [0, 0.1) is 11.6 Å². The van der Waals surface area contributed by atoms with Crippen molar-refractivity contribution in [2.75, 3.05) is 17.1 Å². The van der Waals surface area contributed by atoms with Gasteiger partial charge < -0.3 is 5.32 Å². The second kappa shape index (κ2) is 6.68. The Labute approximate surface area is 150 Å². The number of anilines is 1. The molecule has 1 aliphatic heterocycles. The topological polar surface area (TPSA) is 66.5 Å². The van der Waals surface area contributed by atoms with Crippen LogP contribution in [0.4, 0.5) is 14.5 Å². The summed E-state index contributed by atoms with van der Waals surface area (Å²) in [6, 6.07) is 7.33. The fourth-order valence-corrected chi connectivity index (χ4v) is 4.03. The number of rotatable bonds is 4. The molecule has 1 atom stereocenters. The van der Waals surface area contributed by atoms with E-state index in [1.807, 2.05) is 0 Å². The number of hydrogen-bond acceptors (Lipinski definition) is 3. The van der Waals surface area contributed by atoms with Crippen molar-refractivity contribution in [1.82, 2.24) is 5.32 Å². The van der Waals surface area contributed by atoms with Crippen molar-refractivity contribution >= 4 is 21.6 Å². The molecule has 1 heterocycles. The van der Waals surface area contributed by atoms with Crippen molar-refractivity contribution < 1.29 is 22.0 Å². The molecule has 0 saturated carbocycles. The maximum atomic E-state index is 13.8. The molecule has 0 radical (unpaired) electrons. The maximum absolute atomic E-state index is 13.8. The first-order chi connectivity index (χ1) is 12.2. The summed E-state index contributed by atoms with van der Waals surface area (Å²) >= 11 is 0. The minimum absolute atomic E-state index is 0.184. The molecule has 0 spiro atoms. The quantitative estimate of drug-likeness (QED) is 0.887. The summed E-state index contributed by atoms with van der Waals surface area (Å²) in [5.74, 6) is -1.82. The van der Waals surface area contributed by atoms with Gasteiger partial charge in [0.15, 0.2) is 0 Å². The number of nitrogens with one attached hydrogen (secondary N) is 1. The third-order valence-electron chi connectivity index (χ3n) is 4.37. The maximum Gasteiger partial charge on any atom is 0.251 e. The molecule has 0 bridgehead atoms. The first kappa shape index (κ1) is 18.3. The molecule has 2 aromatic rings. The smallest absolute Gasteiger partial charge is 0.251 e. The summed E-state index contributed by atoms with van der Waals surface area (Å²) in [4.78, 5) is 12.4. The molecule has 138 valence electrons. The Morgan fingerprint density at radius 3 is 2.58 bits per heavy atom. The van der Waals surface area contributed by atoms with Gasteiger partial charge in [-0.25, -0.2) is 17.2 Å². The van der Waals surface area contributed by atoms with E-state index in [1.165, 1.54) is 16.4 Å². The Kier molecular flexibility index (Phi) is 4.70. The number of hydrogen-bond donors (Lipinski definition) is 1. The van der Waals surface area contributed by atoms with E-state index in [0.717, 1.165) is 24.0 Å². The fraction of sp³-hybridized carbons (Fsp3) is 0.278. The van der Waals surface area contributed by atoms with Gasteiger partial charge in [0, 0.05) is 23.7 Å². The Morgan fingerprint density at radius 1 is 1.19 bits per heavy atom. The van der Waals surface area contributed by atoms with Crippen molar-refractivity contribution in [2.45, 2.75) is 19.4 Å². The summed E-state index contributed by atoms with van der Waals surface area (Å²) in [7, 11) is -3.35. The lowest BCUT2D eigenvalue weighted by Gasteiger charge is -2.17. The predicted molar refractivity (Wildman–Crippen MR) is 94.6 cm³/mol. The van der Waals surface area contributed by atoms with Gasteiger partial charge in [0.1, 0.15) is 11.6 Å². The number of carbonyl (C=O) groups excluding carboxylic acids is 1. The van der Waals surface area contributed by atoms with E-state index >= 15 is 0 Å². The van der Waals surface area contributed by atoms with E-state index in [1.54, 1.807) is 19.1 Å². The van der Waals surface area contributed by atoms with Crippen LogP contribution in [-0.2, 0) is 16.4 Å². The van der Waals surface area contributed by atoms with Crippen LogP contribution < -0.4 is 9.62 Å². The summed E-state index contributed by atoms with van der Waals surface area (Å²) in [6.07, 6.45) is 1.66. The normalized spacial score (nSPS) is 14.8. The molecular weight excluding hydrogens is 362 g/mol. The van der Waals surface area contributed by atoms with Crippen molar-refractivity contribution in [3.8, 4) is 0 Å². The van der Waals surface area contributed by atoms with Crippen LogP contribution in [0.1, 0.15) is 34.5 Å². The lowest BCUT2D eigenvalue weighted by Crippen LogP contribution is -2.28. The lowest BCUT2D eigenvalue weighted by atomic mass is 10.1. The monoisotopic (exact) mass is 380 g/mol. The zero-order valence-corrected chi connectivity index (χ0v) is 15.1. The third-order valence-corrected chi connectivity index (χ3v) is 5.55. The van der Waals surface area contributed by atoms with E-state index in [2.05, 4.69) is 5.32 Å². The highest BCUT2D eigenvalue weighted by molar-refractivity contribution is 7.92. The fourth-order valence-electron chi connectivity index (χ4n) is 3.07. The molecule has 0 aromatic heterocycles. The molecule has 2 aromatic carbocycles. The SMILES string of the molecule is CC(NC(=O)c1ccc2c(c1)CCN2S(C)(=O)=O)c1ccc(F)cc1F. The molecule has 1 amide bonds. The number of fused-ring (bicyclic) bond motifs is 1.